The zero-order valence-electron chi connectivity index (χ0n) is 17.1. The summed E-state index contributed by atoms with van der Waals surface area (Å²) in [7, 11) is 0.192. The quantitative estimate of drug-likeness (QED) is 0.342. The Labute approximate surface area is 155 Å². The van der Waals surface area contributed by atoms with Gasteiger partial charge in [0, 0.05) is 18.2 Å². The fourth-order valence-corrected chi connectivity index (χ4v) is 5.31. The average Bonchev–Trinajstić information content (AvgIpc) is 2.56. The lowest BCUT2D eigenvalue weighted by molar-refractivity contribution is 0.189. The van der Waals surface area contributed by atoms with Crippen molar-refractivity contribution in [3.8, 4) is 17.2 Å². The molecule has 0 bridgehead atoms. The minimum absolute atomic E-state index is 0.0105. The van der Waals surface area contributed by atoms with Gasteiger partial charge < -0.3 is 9.47 Å². The van der Waals surface area contributed by atoms with Gasteiger partial charge in [0.25, 0.3) is 0 Å². The fourth-order valence-electron chi connectivity index (χ4n) is 2.87. The largest absolute Gasteiger partial charge is 0.460 e. The fraction of sp³-hybridized carbons (Fsp3) is 0.545. The van der Waals surface area contributed by atoms with Crippen molar-refractivity contribution in [2.45, 2.75) is 65.1 Å². The molecule has 25 heavy (non-hydrogen) atoms. The van der Waals surface area contributed by atoms with Crippen LogP contribution < -0.4 is 4.74 Å². The summed E-state index contributed by atoms with van der Waals surface area (Å²) in [5, 5.41) is 0. The van der Waals surface area contributed by atoms with Gasteiger partial charge in [-0.15, -0.1) is 5.54 Å². The third-order valence-corrected chi connectivity index (χ3v) is 9.57. The molecule has 0 spiro atoms. The van der Waals surface area contributed by atoms with Crippen LogP contribution in [0.3, 0.4) is 0 Å². The number of methoxy groups -OCH3 is 1. The van der Waals surface area contributed by atoms with Crippen LogP contribution in [-0.4, -0.2) is 21.8 Å². The van der Waals surface area contributed by atoms with Crippen LogP contribution in [0.25, 0.3) is 0 Å². The molecule has 0 amide bonds. The summed E-state index contributed by atoms with van der Waals surface area (Å²) in [4.78, 5) is 0. The van der Waals surface area contributed by atoms with Crippen molar-refractivity contribution in [3.63, 3.8) is 0 Å². The molecule has 0 aromatic heterocycles. The van der Waals surface area contributed by atoms with Crippen molar-refractivity contribution in [3.05, 3.63) is 41.7 Å². The van der Waals surface area contributed by atoms with Crippen molar-refractivity contribution in [1.29, 1.82) is 0 Å². The van der Waals surface area contributed by atoms with Crippen LogP contribution in [0.4, 0.5) is 0 Å². The molecule has 0 aliphatic heterocycles. The van der Waals surface area contributed by atoms with E-state index in [0.717, 1.165) is 16.9 Å². The molecule has 0 radical (unpaired) electrons. The molecule has 0 unspecified atom stereocenters. The maximum Gasteiger partial charge on any atom is 0.138 e. The predicted molar refractivity (Wildman–Crippen MR) is 111 cm³/mol. The third kappa shape index (κ3) is 6.06. The highest BCUT2D eigenvalue weighted by molar-refractivity contribution is 6.87. The first-order chi connectivity index (χ1) is 11.7. The van der Waals surface area contributed by atoms with Gasteiger partial charge in [-0.05, 0) is 35.7 Å². The molecule has 0 saturated carbocycles. The average molecular weight is 359 g/mol. The molecule has 0 aliphatic carbocycles. The Morgan fingerprint density at radius 3 is 2.20 bits per heavy atom. The number of hydrogen-bond donors (Lipinski definition) is 0. The van der Waals surface area contributed by atoms with Crippen molar-refractivity contribution in [2.24, 2.45) is 0 Å². The van der Waals surface area contributed by atoms with Gasteiger partial charge in [-0.3, -0.25) is 0 Å². The molecular weight excluding hydrogens is 324 g/mol. The van der Waals surface area contributed by atoms with E-state index in [2.05, 4.69) is 77.8 Å². The number of benzene rings is 1. The number of ether oxygens (including phenoxy) is 2. The molecule has 3 heteroatoms. The Hall–Kier alpha value is -1.50. The number of rotatable bonds is 7. The van der Waals surface area contributed by atoms with Gasteiger partial charge in [-0.2, -0.15) is 0 Å². The van der Waals surface area contributed by atoms with Gasteiger partial charge in [-0.1, -0.05) is 60.1 Å². The van der Waals surface area contributed by atoms with E-state index >= 15 is 0 Å². The molecule has 1 aromatic rings. The van der Waals surface area contributed by atoms with Crippen molar-refractivity contribution in [1.82, 2.24) is 0 Å². The zero-order chi connectivity index (χ0) is 19.1. The molecule has 138 valence electrons. The maximum absolute atomic E-state index is 5.99. The third-order valence-electron chi connectivity index (χ3n) is 4.85. The summed E-state index contributed by atoms with van der Waals surface area (Å²) >= 11 is 0. The summed E-state index contributed by atoms with van der Waals surface area (Å²) in [6.45, 7) is 17.7. The standard InChI is InChI=1S/C22H34O2Si/c1-9-25(10-2,11-3)15-14-19-12-13-20(22(5,6)7)21(16-19)24-18(4)17-23-8/h12-13,16H,4,9-11,17H2,1-3,5-8H3. The SMILES string of the molecule is C=C(COC)Oc1cc(C#C[Si](CC)(CC)CC)ccc1C(C)(C)C. The van der Waals surface area contributed by atoms with Crippen molar-refractivity contribution >= 4 is 8.07 Å². The number of hydrogen-bond acceptors (Lipinski definition) is 2. The lowest BCUT2D eigenvalue weighted by Gasteiger charge is -2.23. The van der Waals surface area contributed by atoms with E-state index in [1.807, 2.05) is 0 Å². The Morgan fingerprint density at radius 1 is 1.12 bits per heavy atom. The minimum Gasteiger partial charge on any atom is -0.460 e. The van der Waals surface area contributed by atoms with E-state index in [1.54, 1.807) is 7.11 Å². The second-order valence-electron chi connectivity index (χ2n) is 7.63. The van der Waals surface area contributed by atoms with Crippen LogP contribution in [0.1, 0.15) is 52.7 Å². The summed E-state index contributed by atoms with van der Waals surface area (Å²) in [6, 6.07) is 9.92. The van der Waals surface area contributed by atoms with Gasteiger partial charge in [0.2, 0.25) is 0 Å². The molecule has 0 atom stereocenters. The van der Waals surface area contributed by atoms with Gasteiger partial charge in [0.05, 0.1) is 0 Å². The predicted octanol–water partition coefficient (Wildman–Crippen LogP) is 5.92. The van der Waals surface area contributed by atoms with Crippen LogP contribution in [0.5, 0.6) is 5.75 Å². The minimum atomic E-state index is -1.45. The van der Waals surface area contributed by atoms with Crippen LogP contribution in [0.2, 0.25) is 18.1 Å². The molecule has 0 aliphatic rings. The van der Waals surface area contributed by atoms with Crippen molar-refractivity contribution in [2.75, 3.05) is 13.7 Å². The van der Waals surface area contributed by atoms with Crippen molar-refractivity contribution < 1.29 is 9.47 Å². The molecule has 2 nitrogen and oxygen atoms in total. The van der Waals surface area contributed by atoms with Gasteiger partial charge in [-0.25, -0.2) is 0 Å². The molecule has 0 fully saturated rings. The van der Waals surface area contributed by atoms with Gasteiger partial charge >= 0.3 is 0 Å². The molecule has 0 saturated heterocycles. The smallest absolute Gasteiger partial charge is 0.138 e. The van der Waals surface area contributed by atoms with E-state index in [1.165, 1.54) is 18.1 Å². The second kappa shape index (κ2) is 9.27. The first-order valence-electron chi connectivity index (χ1n) is 9.23. The van der Waals surface area contributed by atoms with E-state index in [9.17, 15) is 0 Å². The Morgan fingerprint density at radius 2 is 1.72 bits per heavy atom. The van der Waals surface area contributed by atoms with E-state index in [-0.39, 0.29) is 5.41 Å². The second-order valence-corrected chi connectivity index (χ2v) is 12.6. The monoisotopic (exact) mass is 358 g/mol. The van der Waals surface area contributed by atoms with Gasteiger partial charge in [0.15, 0.2) is 0 Å². The molecule has 1 aromatic carbocycles. The highest BCUT2D eigenvalue weighted by atomic mass is 28.3. The summed E-state index contributed by atoms with van der Waals surface area (Å²) in [6.07, 6.45) is 0. The summed E-state index contributed by atoms with van der Waals surface area (Å²) in [5.74, 6) is 4.87. The summed E-state index contributed by atoms with van der Waals surface area (Å²) in [5.41, 5.74) is 5.81. The van der Waals surface area contributed by atoms with Gasteiger partial charge in [0.1, 0.15) is 26.2 Å². The molecule has 0 N–H and O–H groups in total. The van der Waals surface area contributed by atoms with E-state index in [4.69, 9.17) is 9.47 Å². The molecular formula is C22H34O2Si. The first kappa shape index (κ1) is 21.5. The Bertz CT molecular complexity index is 632. The Kier molecular flexibility index (Phi) is 7.98. The van der Waals surface area contributed by atoms with Crippen LogP contribution in [0, 0.1) is 11.5 Å². The zero-order valence-corrected chi connectivity index (χ0v) is 18.1. The normalized spacial score (nSPS) is 11.6. The Balaban J connectivity index is 3.27. The topological polar surface area (TPSA) is 18.5 Å². The van der Waals surface area contributed by atoms with Crippen LogP contribution >= 0.6 is 0 Å². The van der Waals surface area contributed by atoms with Crippen LogP contribution in [-0.2, 0) is 10.2 Å². The lowest BCUT2D eigenvalue weighted by Crippen LogP contribution is -2.29. The van der Waals surface area contributed by atoms with E-state index < -0.39 is 8.07 Å². The highest BCUT2D eigenvalue weighted by Gasteiger charge is 2.24. The lowest BCUT2D eigenvalue weighted by atomic mass is 9.86. The highest BCUT2D eigenvalue weighted by Crippen LogP contribution is 2.33. The first-order valence-corrected chi connectivity index (χ1v) is 11.9. The maximum atomic E-state index is 5.99. The molecule has 0 heterocycles. The van der Waals surface area contributed by atoms with E-state index in [0.29, 0.717) is 12.4 Å². The summed E-state index contributed by atoms with van der Waals surface area (Å²) < 4.78 is 11.1. The van der Waals surface area contributed by atoms with Crippen LogP contribution in [0.15, 0.2) is 30.5 Å². The molecule has 1 rings (SSSR count).